The van der Waals surface area contributed by atoms with Crippen molar-refractivity contribution >= 4 is 5.97 Å². The van der Waals surface area contributed by atoms with E-state index >= 15 is 0 Å². The first-order valence-corrected chi connectivity index (χ1v) is 9.76. The first kappa shape index (κ1) is 23.0. The molecule has 1 saturated heterocycles. The fourth-order valence-electron chi connectivity index (χ4n) is 3.72. The second-order valence-corrected chi connectivity index (χ2v) is 7.37. The van der Waals surface area contributed by atoms with Gasteiger partial charge in [0.1, 0.15) is 18.9 Å². The van der Waals surface area contributed by atoms with E-state index in [0.29, 0.717) is 19.8 Å². The zero-order chi connectivity index (χ0) is 18.1. The van der Waals surface area contributed by atoms with E-state index in [1.807, 2.05) is 6.92 Å². The Bertz CT molecular complexity index is 534. The number of carbonyl (C=O) groups is 1. The van der Waals surface area contributed by atoms with E-state index in [0.717, 1.165) is 36.3 Å². The molecule has 5 heteroatoms. The molecule has 0 bridgehead atoms. The number of ether oxygens (including phenoxy) is 2. The van der Waals surface area contributed by atoms with E-state index in [2.05, 4.69) is 32.0 Å². The van der Waals surface area contributed by atoms with Crippen molar-refractivity contribution in [2.45, 2.75) is 52.9 Å². The van der Waals surface area contributed by atoms with E-state index in [-0.39, 0.29) is 23.0 Å². The van der Waals surface area contributed by atoms with Gasteiger partial charge in [-0.05, 0) is 57.1 Å². The molecule has 0 saturated carbocycles. The highest BCUT2D eigenvalue weighted by Crippen LogP contribution is 2.23. The monoisotopic (exact) mass is 427 g/mol. The third-order valence-electron chi connectivity index (χ3n) is 5.17. The first-order chi connectivity index (χ1) is 12.1. The molecule has 0 aromatic heterocycles. The second-order valence-electron chi connectivity index (χ2n) is 7.37. The molecule has 4 nitrogen and oxygen atoms in total. The Morgan fingerprint density at radius 3 is 2.23 bits per heavy atom. The molecule has 0 spiro atoms. The summed E-state index contributed by atoms with van der Waals surface area (Å²) in [4.78, 5) is 12.3. The van der Waals surface area contributed by atoms with Crippen LogP contribution in [0.1, 0.15) is 50.2 Å². The summed E-state index contributed by atoms with van der Waals surface area (Å²) in [5, 5.41) is 0. The van der Waals surface area contributed by atoms with Crippen LogP contribution < -0.4 is 21.7 Å². The van der Waals surface area contributed by atoms with E-state index in [9.17, 15) is 4.79 Å². The van der Waals surface area contributed by atoms with Crippen molar-refractivity contribution < 1.29 is 35.7 Å². The van der Waals surface area contributed by atoms with Gasteiger partial charge in [0.15, 0.2) is 6.54 Å². The number of esters is 1. The third kappa shape index (κ3) is 6.92. The molecular weight excluding hydrogens is 394 g/mol. The highest BCUT2D eigenvalue weighted by Gasteiger charge is 2.32. The molecule has 1 heterocycles. The highest BCUT2D eigenvalue weighted by atomic mass is 79.9. The number of para-hydroxylation sites is 1. The molecule has 1 aromatic carbocycles. The van der Waals surface area contributed by atoms with Crippen LogP contribution in [0.2, 0.25) is 0 Å². The smallest absolute Gasteiger partial charge is 0.361 e. The summed E-state index contributed by atoms with van der Waals surface area (Å²) in [7, 11) is 0. The van der Waals surface area contributed by atoms with Gasteiger partial charge in [-0.2, -0.15) is 0 Å². The minimum atomic E-state index is -0.0594. The van der Waals surface area contributed by atoms with Crippen LogP contribution in [0.15, 0.2) is 18.2 Å². The fourth-order valence-corrected chi connectivity index (χ4v) is 3.72. The molecule has 26 heavy (non-hydrogen) atoms. The van der Waals surface area contributed by atoms with Gasteiger partial charge in [-0.25, -0.2) is 4.79 Å². The van der Waals surface area contributed by atoms with Gasteiger partial charge in [0.25, 0.3) is 0 Å². The Hall–Kier alpha value is -1.07. The number of carbonyl (C=O) groups excluding carboxylic acids is 1. The van der Waals surface area contributed by atoms with E-state index in [1.165, 1.54) is 36.8 Å². The van der Waals surface area contributed by atoms with Crippen LogP contribution in [0.5, 0.6) is 5.75 Å². The summed E-state index contributed by atoms with van der Waals surface area (Å²) in [6.45, 7) is 10.8. The molecule has 0 aliphatic carbocycles. The zero-order valence-electron chi connectivity index (χ0n) is 16.6. The first-order valence-electron chi connectivity index (χ1n) is 9.76. The van der Waals surface area contributed by atoms with Crippen molar-refractivity contribution in [3.8, 4) is 5.75 Å². The molecule has 1 aliphatic rings. The minimum absolute atomic E-state index is 0. The van der Waals surface area contributed by atoms with Crippen LogP contribution in [0, 0.1) is 13.8 Å². The number of quaternary nitrogens is 1. The van der Waals surface area contributed by atoms with Gasteiger partial charge in [-0.15, -0.1) is 0 Å². The summed E-state index contributed by atoms with van der Waals surface area (Å²) < 4.78 is 12.3. The highest BCUT2D eigenvalue weighted by molar-refractivity contribution is 5.70. The quantitative estimate of drug-likeness (QED) is 0.459. The number of nitrogens with zero attached hydrogens (tertiary/aromatic N) is 1. The normalized spacial score (nSPS) is 16.3. The molecular formula is C21H34BrNO3. The Kier molecular flexibility index (Phi) is 10.3. The lowest BCUT2D eigenvalue weighted by Crippen LogP contribution is -3.00. The molecule has 1 fully saturated rings. The van der Waals surface area contributed by atoms with Crippen LogP contribution in [0.25, 0.3) is 0 Å². The standard InChI is InChI=1S/C21H34NO3.BrH/c1-4-15-24-20(23)17-22(12-7-5-6-8-13-22)14-16-25-21-18(2)10-9-11-19(21)3;/h9-11H,4-8,12-17H2,1-3H3;1H/q+1;/p-1. The van der Waals surface area contributed by atoms with Crippen molar-refractivity contribution in [3.05, 3.63) is 29.3 Å². The molecule has 0 atom stereocenters. The summed E-state index contributed by atoms with van der Waals surface area (Å²) in [5.41, 5.74) is 2.34. The molecule has 0 N–H and O–H groups in total. The van der Waals surface area contributed by atoms with Crippen molar-refractivity contribution in [3.63, 3.8) is 0 Å². The van der Waals surface area contributed by atoms with Gasteiger partial charge in [0.05, 0.1) is 19.7 Å². The molecule has 1 aromatic rings. The van der Waals surface area contributed by atoms with Gasteiger partial charge >= 0.3 is 5.97 Å². The van der Waals surface area contributed by atoms with Gasteiger partial charge in [0.2, 0.25) is 0 Å². The molecule has 0 unspecified atom stereocenters. The average Bonchev–Trinajstić information content (AvgIpc) is 2.81. The minimum Gasteiger partial charge on any atom is -1.00 e. The predicted octanol–water partition coefficient (Wildman–Crippen LogP) is 1.03. The number of rotatable bonds is 8. The van der Waals surface area contributed by atoms with Gasteiger partial charge < -0.3 is 30.9 Å². The molecule has 1 aliphatic heterocycles. The molecule has 148 valence electrons. The Morgan fingerprint density at radius 2 is 1.65 bits per heavy atom. The topological polar surface area (TPSA) is 35.5 Å². The van der Waals surface area contributed by atoms with Crippen LogP contribution in [0.3, 0.4) is 0 Å². The van der Waals surface area contributed by atoms with Crippen LogP contribution >= 0.6 is 0 Å². The Morgan fingerprint density at radius 1 is 1.04 bits per heavy atom. The molecule has 0 radical (unpaired) electrons. The zero-order valence-corrected chi connectivity index (χ0v) is 18.1. The van der Waals surface area contributed by atoms with Crippen molar-refractivity contribution in [2.75, 3.05) is 39.4 Å². The van der Waals surface area contributed by atoms with Gasteiger partial charge in [-0.3, -0.25) is 0 Å². The number of likely N-dealkylation sites (tertiary alicyclic amines) is 1. The molecule has 2 rings (SSSR count). The summed E-state index contributed by atoms with van der Waals surface area (Å²) >= 11 is 0. The number of benzene rings is 1. The number of hydrogen-bond donors (Lipinski definition) is 0. The lowest BCUT2D eigenvalue weighted by atomic mass is 10.1. The maximum absolute atomic E-state index is 12.3. The number of halogens is 1. The SMILES string of the molecule is CCCOC(=O)C[N+]1(CCOc2c(C)cccc2C)CCCCCC1.[Br-]. The summed E-state index contributed by atoms with van der Waals surface area (Å²) in [5.74, 6) is 0.930. The third-order valence-corrected chi connectivity index (χ3v) is 5.17. The molecule has 0 amide bonds. The predicted molar refractivity (Wildman–Crippen MR) is 101 cm³/mol. The number of hydrogen-bond acceptors (Lipinski definition) is 3. The van der Waals surface area contributed by atoms with Crippen molar-refractivity contribution in [1.82, 2.24) is 0 Å². The van der Waals surface area contributed by atoms with E-state index < -0.39 is 0 Å². The maximum atomic E-state index is 12.3. The number of aryl methyl sites for hydroxylation is 2. The average molecular weight is 428 g/mol. The van der Waals surface area contributed by atoms with Crippen LogP contribution in [0.4, 0.5) is 0 Å². The van der Waals surface area contributed by atoms with Crippen molar-refractivity contribution in [1.29, 1.82) is 0 Å². The Balaban J connectivity index is 0.00000338. The fraction of sp³-hybridized carbons (Fsp3) is 0.667. The lowest BCUT2D eigenvalue weighted by Gasteiger charge is -2.36. The largest absolute Gasteiger partial charge is 1.00 e. The van der Waals surface area contributed by atoms with E-state index in [4.69, 9.17) is 9.47 Å². The van der Waals surface area contributed by atoms with Gasteiger partial charge in [-0.1, -0.05) is 25.1 Å². The second kappa shape index (κ2) is 11.6. The van der Waals surface area contributed by atoms with Crippen LogP contribution in [-0.2, 0) is 9.53 Å². The lowest BCUT2D eigenvalue weighted by molar-refractivity contribution is -0.920. The Labute approximate surface area is 169 Å². The van der Waals surface area contributed by atoms with Gasteiger partial charge in [0, 0.05) is 0 Å². The van der Waals surface area contributed by atoms with Crippen molar-refractivity contribution in [2.24, 2.45) is 0 Å². The van der Waals surface area contributed by atoms with Crippen LogP contribution in [-0.4, -0.2) is 49.8 Å². The summed E-state index contributed by atoms with van der Waals surface area (Å²) in [6, 6.07) is 6.23. The van der Waals surface area contributed by atoms with E-state index in [1.54, 1.807) is 0 Å². The summed E-state index contributed by atoms with van der Waals surface area (Å²) in [6.07, 6.45) is 5.78. The maximum Gasteiger partial charge on any atom is 0.361 e.